The van der Waals surface area contributed by atoms with Crippen LogP contribution in [-0.2, 0) is 28.6 Å². The van der Waals surface area contributed by atoms with Gasteiger partial charge in [-0.15, -0.1) is 0 Å². The third kappa shape index (κ3) is 60.8. The SMILES string of the molecule is CCC/C=C\C/C=C\CCCCCCCC(=O)OCC(COC(=O)CCCCCCCCCCCCCCCCCCCCCCCCCC)OC(=O)CCCCCCCCCCCCCCCCCCCCC. The molecule has 0 N–H and O–H groups in total. The highest BCUT2D eigenvalue weighted by Crippen LogP contribution is 2.19. The Morgan fingerprint density at radius 3 is 0.797 bits per heavy atom. The summed E-state index contributed by atoms with van der Waals surface area (Å²) in [6.07, 6.45) is 76.3. The van der Waals surface area contributed by atoms with Gasteiger partial charge in [0.25, 0.3) is 0 Å². The van der Waals surface area contributed by atoms with Crippen LogP contribution in [0.4, 0.5) is 0 Å². The molecule has 0 aromatic carbocycles. The van der Waals surface area contributed by atoms with Gasteiger partial charge < -0.3 is 14.2 Å². The van der Waals surface area contributed by atoms with Gasteiger partial charge in [-0.05, 0) is 44.9 Å². The number of ether oxygens (including phenoxy) is 3. The van der Waals surface area contributed by atoms with E-state index in [1.807, 2.05) is 0 Å². The van der Waals surface area contributed by atoms with Gasteiger partial charge in [0, 0.05) is 19.3 Å². The molecule has 6 nitrogen and oxygen atoms in total. The second-order valence-electron chi connectivity index (χ2n) is 22.7. The second kappa shape index (κ2) is 63.4. The summed E-state index contributed by atoms with van der Waals surface area (Å²) in [5.74, 6) is -0.855. The van der Waals surface area contributed by atoms with Crippen LogP contribution in [0, 0.1) is 0 Å². The Labute approximate surface area is 462 Å². The minimum absolute atomic E-state index is 0.0695. The molecule has 0 fully saturated rings. The fourth-order valence-electron chi connectivity index (χ4n) is 10.2. The molecule has 0 aliphatic carbocycles. The van der Waals surface area contributed by atoms with Crippen LogP contribution >= 0.6 is 0 Å². The van der Waals surface area contributed by atoms with E-state index < -0.39 is 6.10 Å². The minimum atomic E-state index is -0.773. The first-order valence-electron chi connectivity index (χ1n) is 33.3. The lowest BCUT2D eigenvalue weighted by molar-refractivity contribution is -0.167. The molecule has 0 spiro atoms. The maximum Gasteiger partial charge on any atom is 0.306 e. The Morgan fingerprint density at radius 1 is 0.270 bits per heavy atom. The minimum Gasteiger partial charge on any atom is -0.462 e. The van der Waals surface area contributed by atoms with Crippen molar-refractivity contribution in [3.05, 3.63) is 24.3 Å². The molecule has 1 unspecified atom stereocenters. The van der Waals surface area contributed by atoms with Gasteiger partial charge in [0.05, 0.1) is 0 Å². The molecule has 0 saturated heterocycles. The maximum atomic E-state index is 12.9. The predicted octanol–water partition coefficient (Wildman–Crippen LogP) is 22.6. The number of unbranched alkanes of at least 4 members (excludes halogenated alkanes) is 47. The van der Waals surface area contributed by atoms with Crippen LogP contribution < -0.4 is 0 Å². The molecule has 0 amide bonds. The Morgan fingerprint density at radius 2 is 0.514 bits per heavy atom. The summed E-state index contributed by atoms with van der Waals surface area (Å²) in [4.78, 5) is 38.3. The van der Waals surface area contributed by atoms with Crippen LogP contribution in [0.1, 0.15) is 374 Å². The fraction of sp³-hybridized carbons (Fsp3) is 0.897. The van der Waals surface area contributed by atoms with Gasteiger partial charge in [0.15, 0.2) is 6.10 Å². The van der Waals surface area contributed by atoms with Gasteiger partial charge in [0.1, 0.15) is 13.2 Å². The van der Waals surface area contributed by atoms with Crippen LogP contribution in [0.25, 0.3) is 0 Å². The molecular formula is C68H128O6. The Bertz CT molecular complexity index is 1190. The van der Waals surface area contributed by atoms with Gasteiger partial charge in [-0.25, -0.2) is 0 Å². The highest BCUT2D eigenvalue weighted by atomic mass is 16.6. The molecule has 0 radical (unpaired) electrons. The smallest absolute Gasteiger partial charge is 0.306 e. The molecule has 436 valence electrons. The lowest BCUT2D eigenvalue weighted by atomic mass is 10.0. The Balaban J connectivity index is 4.23. The Kier molecular flexibility index (Phi) is 61.6. The van der Waals surface area contributed by atoms with E-state index in [1.54, 1.807) is 0 Å². The number of allylic oxidation sites excluding steroid dienone is 4. The average molecular weight is 1040 g/mol. The van der Waals surface area contributed by atoms with E-state index in [1.165, 1.54) is 250 Å². The van der Waals surface area contributed by atoms with Crippen molar-refractivity contribution in [2.24, 2.45) is 0 Å². The fourth-order valence-corrected chi connectivity index (χ4v) is 10.2. The first-order valence-corrected chi connectivity index (χ1v) is 33.3. The summed E-state index contributed by atoms with van der Waals surface area (Å²) >= 11 is 0. The van der Waals surface area contributed by atoms with Gasteiger partial charge in [-0.1, -0.05) is 334 Å². The highest BCUT2D eigenvalue weighted by Gasteiger charge is 2.19. The van der Waals surface area contributed by atoms with Crippen LogP contribution in [0.5, 0.6) is 0 Å². The van der Waals surface area contributed by atoms with E-state index in [0.29, 0.717) is 19.3 Å². The van der Waals surface area contributed by atoms with Crippen molar-refractivity contribution in [3.63, 3.8) is 0 Å². The molecule has 74 heavy (non-hydrogen) atoms. The first-order chi connectivity index (χ1) is 36.5. The molecule has 0 aromatic rings. The summed E-state index contributed by atoms with van der Waals surface area (Å²) in [6.45, 7) is 6.64. The van der Waals surface area contributed by atoms with Crippen LogP contribution in [-0.4, -0.2) is 37.2 Å². The van der Waals surface area contributed by atoms with E-state index in [9.17, 15) is 14.4 Å². The zero-order valence-electron chi connectivity index (χ0n) is 50.1. The normalized spacial score (nSPS) is 12.1. The van der Waals surface area contributed by atoms with Crippen molar-refractivity contribution in [1.82, 2.24) is 0 Å². The van der Waals surface area contributed by atoms with Gasteiger partial charge >= 0.3 is 17.9 Å². The molecule has 0 bridgehead atoms. The molecule has 0 aliphatic heterocycles. The maximum absolute atomic E-state index is 12.9. The van der Waals surface area contributed by atoms with Gasteiger partial charge in [0.2, 0.25) is 0 Å². The van der Waals surface area contributed by atoms with Crippen molar-refractivity contribution in [2.75, 3.05) is 13.2 Å². The van der Waals surface area contributed by atoms with E-state index in [2.05, 4.69) is 45.1 Å². The number of hydrogen-bond donors (Lipinski definition) is 0. The average Bonchev–Trinajstić information content (AvgIpc) is 3.40. The zero-order valence-corrected chi connectivity index (χ0v) is 50.1. The monoisotopic (exact) mass is 1040 g/mol. The third-order valence-corrected chi connectivity index (χ3v) is 15.2. The zero-order chi connectivity index (χ0) is 53.6. The summed E-state index contributed by atoms with van der Waals surface area (Å²) in [7, 11) is 0. The number of carbonyl (C=O) groups is 3. The quantitative estimate of drug-likeness (QED) is 0.0261. The molecule has 6 heteroatoms. The standard InChI is InChI=1S/C68H128O6/c1-4-7-10-13-16-19-22-25-27-29-31-32-33-34-35-37-38-40-43-46-49-52-55-58-61-67(70)73-64-65(63-72-66(69)60-57-54-51-48-45-42-24-21-18-15-12-9-6-3)74-68(71)62-59-56-53-50-47-44-41-39-36-30-28-26-23-20-17-14-11-8-5-2/h12,15,21,24,65H,4-11,13-14,16-20,22-23,25-64H2,1-3H3/b15-12-,24-21-. The summed E-state index contributed by atoms with van der Waals surface area (Å²) in [5, 5.41) is 0. The van der Waals surface area contributed by atoms with Crippen LogP contribution in [0.15, 0.2) is 24.3 Å². The summed E-state index contributed by atoms with van der Waals surface area (Å²) < 4.78 is 16.9. The number of esters is 3. The third-order valence-electron chi connectivity index (χ3n) is 15.2. The first kappa shape index (κ1) is 71.9. The predicted molar refractivity (Wildman–Crippen MR) is 321 cm³/mol. The van der Waals surface area contributed by atoms with E-state index in [0.717, 1.165) is 83.5 Å². The van der Waals surface area contributed by atoms with E-state index >= 15 is 0 Å². The van der Waals surface area contributed by atoms with Crippen molar-refractivity contribution < 1.29 is 28.6 Å². The van der Waals surface area contributed by atoms with Crippen molar-refractivity contribution in [2.45, 2.75) is 380 Å². The van der Waals surface area contributed by atoms with Crippen LogP contribution in [0.3, 0.4) is 0 Å². The van der Waals surface area contributed by atoms with E-state index in [-0.39, 0.29) is 31.1 Å². The summed E-state index contributed by atoms with van der Waals surface area (Å²) in [5.41, 5.74) is 0. The lowest BCUT2D eigenvalue weighted by Gasteiger charge is -2.18. The molecule has 1 atom stereocenters. The Hall–Kier alpha value is -2.11. The second-order valence-corrected chi connectivity index (χ2v) is 22.7. The number of hydrogen-bond acceptors (Lipinski definition) is 6. The van der Waals surface area contributed by atoms with Crippen molar-refractivity contribution in [1.29, 1.82) is 0 Å². The lowest BCUT2D eigenvalue weighted by Crippen LogP contribution is -2.30. The molecule has 0 aromatic heterocycles. The topological polar surface area (TPSA) is 78.9 Å². The summed E-state index contributed by atoms with van der Waals surface area (Å²) in [6, 6.07) is 0. The van der Waals surface area contributed by atoms with Crippen LogP contribution in [0.2, 0.25) is 0 Å². The number of rotatable bonds is 62. The van der Waals surface area contributed by atoms with Gasteiger partial charge in [-0.3, -0.25) is 14.4 Å². The van der Waals surface area contributed by atoms with E-state index in [4.69, 9.17) is 14.2 Å². The largest absolute Gasteiger partial charge is 0.462 e. The van der Waals surface area contributed by atoms with Crippen molar-refractivity contribution >= 4 is 17.9 Å². The number of carbonyl (C=O) groups excluding carboxylic acids is 3. The molecule has 0 heterocycles. The van der Waals surface area contributed by atoms with Gasteiger partial charge in [-0.2, -0.15) is 0 Å². The molecular weight excluding hydrogens is 913 g/mol. The molecule has 0 aliphatic rings. The molecule has 0 rings (SSSR count). The van der Waals surface area contributed by atoms with Crippen molar-refractivity contribution in [3.8, 4) is 0 Å². The highest BCUT2D eigenvalue weighted by molar-refractivity contribution is 5.71. The molecule has 0 saturated carbocycles.